The van der Waals surface area contributed by atoms with Gasteiger partial charge in [-0.3, -0.25) is 4.98 Å². The van der Waals surface area contributed by atoms with E-state index < -0.39 is 0 Å². The normalized spacial score (nSPS) is 13.0. The first kappa shape index (κ1) is 18.0. The summed E-state index contributed by atoms with van der Waals surface area (Å²) in [6.07, 6.45) is 6.16. The van der Waals surface area contributed by atoms with Gasteiger partial charge in [0.2, 0.25) is 0 Å². The smallest absolute Gasteiger partial charge is 0.187 e. The van der Waals surface area contributed by atoms with Gasteiger partial charge >= 0.3 is 0 Å². The Hall–Kier alpha value is -3.06. The van der Waals surface area contributed by atoms with Crippen molar-refractivity contribution in [1.29, 1.82) is 0 Å². The molecule has 0 N–H and O–H groups in total. The Bertz CT molecular complexity index is 1190. The molecule has 0 saturated carbocycles. The van der Waals surface area contributed by atoms with Gasteiger partial charge in [0.15, 0.2) is 10.8 Å². The van der Waals surface area contributed by atoms with E-state index >= 15 is 0 Å². The average molecular weight is 404 g/mol. The van der Waals surface area contributed by atoms with Crippen molar-refractivity contribution in [2.75, 3.05) is 6.61 Å². The minimum atomic E-state index is 0.229. The van der Waals surface area contributed by atoms with Gasteiger partial charge in [-0.2, -0.15) is 5.10 Å². The van der Waals surface area contributed by atoms with Crippen LogP contribution in [-0.4, -0.2) is 31.3 Å². The van der Waals surface area contributed by atoms with E-state index in [4.69, 9.17) is 9.72 Å². The minimum Gasteiger partial charge on any atom is -0.493 e. The lowest BCUT2D eigenvalue weighted by Gasteiger charge is -2.11. The molecule has 0 bridgehead atoms. The van der Waals surface area contributed by atoms with Crippen LogP contribution in [0.25, 0.3) is 33.2 Å². The van der Waals surface area contributed by atoms with Gasteiger partial charge in [0.25, 0.3) is 0 Å². The summed E-state index contributed by atoms with van der Waals surface area (Å²) >= 11 is 1.68. The van der Waals surface area contributed by atoms with Gasteiger partial charge in [0.1, 0.15) is 12.1 Å². The lowest BCUT2D eigenvalue weighted by Crippen LogP contribution is -2.04. The third kappa shape index (κ3) is 3.11. The van der Waals surface area contributed by atoms with Crippen LogP contribution in [0.3, 0.4) is 0 Å². The molecule has 7 heteroatoms. The molecule has 4 heterocycles. The molecule has 0 unspecified atom stereocenters. The van der Waals surface area contributed by atoms with Crippen molar-refractivity contribution < 1.29 is 4.74 Å². The first-order valence-corrected chi connectivity index (χ1v) is 10.5. The minimum absolute atomic E-state index is 0.229. The van der Waals surface area contributed by atoms with Crippen molar-refractivity contribution in [3.8, 4) is 39.0 Å². The zero-order chi connectivity index (χ0) is 20.0. The summed E-state index contributed by atoms with van der Waals surface area (Å²) in [5.41, 5.74) is 5.44. The lowest BCUT2D eigenvalue weighted by atomic mass is 9.99. The average Bonchev–Trinajstić information content (AvgIpc) is 3.33. The first-order chi connectivity index (χ1) is 14.1. The molecule has 3 aromatic heterocycles. The number of hydrogen-bond donors (Lipinski definition) is 0. The first-order valence-electron chi connectivity index (χ1n) is 9.69. The molecule has 1 aliphatic rings. The maximum Gasteiger partial charge on any atom is 0.187 e. The quantitative estimate of drug-likeness (QED) is 0.484. The van der Waals surface area contributed by atoms with Crippen molar-refractivity contribution in [3.05, 3.63) is 53.4 Å². The van der Waals surface area contributed by atoms with Gasteiger partial charge in [-0.25, -0.2) is 14.6 Å². The second-order valence-electron chi connectivity index (χ2n) is 7.41. The van der Waals surface area contributed by atoms with E-state index in [0.29, 0.717) is 6.61 Å². The second-order valence-corrected chi connectivity index (χ2v) is 8.50. The fourth-order valence-electron chi connectivity index (χ4n) is 3.64. The van der Waals surface area contributed by atoms with Crippen LogP contribution in [0.5, 0.6) is 5.75 Å². The van der Waals surface area contributed by atoms with E-state index in [1.807, 2.05) is 29.2 Å². The molecule has 0 spiro atoms. The lowest BCUT2D eigenvalue weighted by molar-refractivity contribution is 0.327. The monoisotopic (exact) mass is 403 g/mol. The van der Waals surface area contributed by atoms with Gasteiger partial charge in [0.05, 0.1) is 12.3 Å². The number of benzene rings is 1. The van der Waals surface area contributed by atoms with Crippen LogP contribution < -0.4 is 4.74 Å². The van der Waals surface area contributed by atoms with Gasteiger partial charge in [0, 0.05) is 40.9 Å². The van der Waals surface area contributed by atoms with Crippen LogP contribution in [0.2, 0.25) is 0 Å². The van der Waals surface area contributed by atoms with E-state index in [1.165, 1.54) is 10.4 Å². The van der Waals surface area contributed by atoms with Gasteiger partial charge < -0.3 is 4.74 Å². The fourth-order valence-corrected chi connectivity index (χ4v) is 4.68. The molecule has 6 nitrogen and oxygen atoms in total. The Balaban J connectivity index is 1.65. The van der Waals surface area contributed by atoms with E-state index in [2.05, 4.69) is 48.0 Å². The molecule has 4 aromatic rings. The molecular weight excluding hydrogens is 382 g/mol. The number of thiazole rings is 1. The van der Waals surface area contributed by atoms with Gasteiger partial charge in [-0.05, 0) is 50.1 Å². The Labute approximate surface area is 173 Å². The third-order valence-electron chi connectivity index (χ3n) is 5.12. The SMILES string of the molecule is Cc1ccncc1-c1ccc2c(c1)-c1nc(-c3ncnn3C(C)C)sc1CCO2. The van der Waals surface area contributed by atoms with Crippen LogP contribution in [0.15, 0.2) is 43.0 Å². The molecule has 0 amide bonds. The van der Waals surface area contributed by atoms with E-state index in [0.717, 1.165) is 45.4 Å². The van der Waals surface area contributed by atoms with Crippen LogP contribution >= 0.6 is 11.3 Å². The van der Waals surface area contributed by atoms with Crippen LogP contribution in [0, 0.1) is 6.92 Å². The van der Waals surface area contributed by atoms with E-state index in [-0.39, 0.29) is 6.04 Å². The number of pyridine rings is 1. The van der Waals surface area contributed by atoms with Crippen LogP contribution in [-0.2, 0) is 6.42 Å². The Morgan fingerprint density at radius 1 is 1.17 bits per heavy atom. The second kappa shape index (κ2) is 7.08. The number of nitrogens with zero attached hydrogens (tertiary/aromatic N) is 5. The van der Waals surface area contributed by atoms with E-state index in [9.17, 15) is 0 Å². The standard InChI is InChI=1S/C22H21N5OS/c1-13(2)27-21(24-12-25-27)22-26-20-16-10-15(17-11-23-8-6-14(17)3)4-5-18(16)28-9-7-19(20)29-22/h4-6,8,10-13H,7,9H2,1-3H3. The zero-order valence-electron chi connectivity index (χ0n) is 16.6. The highest BCUT2D eigenvalue weighted by Gasteiger charge is 2.24. The van der Waals surface area contributed by atoms with Crippen molar-refractivity contribution in [3.63, 3.8) is 0 Å². The maximum atomic E-state index is 6.02. The molecule has 29 heavy (non-hydrogen) atoms. The highest BCUT2D eigenvalue weighted by atomic mass is 32.1. The Morgan fingerprint density at radius 3 is 2.90 bits per heavy atom. The van der Waals surface area contributed by atoms with Crippen molar-refractivity contribution >= 4 is 11.3 Å². The molecule has 0 atom stereocenters. The summed E-state index contributed by atoms with van der Waals surface area (Å²) < 4.78 is 7.94. The summed E-state index contributed by atoms with van der Waals surface area (Å²) in [5.74, 6) is 1.69. The summed E-state index contributed by atoms with van der Waals surface area (Å²) in [4.78, 5) is 15.0. The molecule has 0 radical (unpaired) electrons. The number of aromatic nitrogens is 5. The third-order valence-corrected chi connectivity index (χ3v) is 6.23. The molecular formula is C22H21N5OS. The molecule has 0 saturated heterocycles. The predicted molar refractivity (Wildman–Crippen MR) is 114 cm³/mol. The van der Waals surface area contributed by atoms with Gasteiger partial charge in [-0.15, -0.1) is 11.3 Å². The summed E-state index contributed by atoms with van der Waals surface area (Å²) in [5, 5.41) is 5.27. The summed E-state index contributed by atoms with van der Waals surface area (Å²) in [7, 11) is 0. The fraction of sp³-hybridized carbons (Fsp3) is 0.273. The van der Waals surface area contributed by atoms with Crippen molar-refractivity contribution in [2.24, 2.45) is 0 Å². The number of fused-ring (bicyclic) bond motifs is 3. The topological polar surface area (TPSA) is 65.7 Å². The molecule has 1 aromatic carbocycles. The highest BCUT2D eigenvalue weighted by molar-refractivity contribution is 7.15. The molecule has 5 rings (SSSR count). The number of ether oxygens (including phenoxy) is 1. The largest absolute Gasteiger partial charge is 0.493 e. The Kier molecular flexibility index (Phi) is 4.39. The predicted octanol–water partition coefficient (Wildman–Crippen LogP) is 4.95. The maximum absolute atomic E-state index is 6.02. The van der Waals surface area contributed by atoms with Gasteiger partial charge in [-0.1, -0.05) is 6.07 Å². The molecule has 0 fully saturated rings. The van der Waals surface area contributed by atoms with Crippen LogP contribution in [0.1, 0.15) is 30.3 Å². The van der Waals surface area contributed by atoms with E-state index in [1.54, 1.807) is 17.7 Å². The zero-order valence-corrected chi connectivity index (χ0v) is 17.4. The Morgan fingerprint density at radius 2 is 2.07 bits per heavy atom. The van der Waals surface area contributed by atoms with Crippen LogP contribution in [0.4, 0.5) is 0 Å². The molecule has 146 valence electrons. The number of hydrogen-bond acceptors (Lipinski definition) is 6. The number of rotatable bonds is 3. The summed E-state index contributed by atoms with van der Waals surface area (Å²) in [6.45, 7) is 6.94. The molecule has 1 aliphatic heterocycles. The van der Waals surface area contributed by atoms with Crippen molar-refractivity contribution in [1.82, 2.24) is 24.7 Å². The van der Waals surface area contributed by atoms with Crippen molar-refractivity contribution in [2.45, 2.75) is 33.2 Å². The summed E-state index contributed by atoms with van der Waals surface area (Å²) in [6, 6.07) is 8.56. The highest BCUT2D eigenvalue weighted by Crippen LogP contribution is 2.42. The molecule has 0 aliphatic carbocycles. The number of aryl methyl sites for hydroxylation is 1.